The maximum absolute atomic E-state index is 5.99. The lowest BCUT2D eigenvalue weighted by atomic mass is 10.1. The van der Waals surface area contributed by atoms with Gasteiger partial charge in [0.15, 0.2) is 5.96 Å². The van der Waals surface area contributed by atoms with Gasteiger partial charge in [-0.1, -0.05) is 6.07 Å². The summed E-state index contributed by atoms with van der Waals surface area (Å²) in [4.78, 5) is 8.73. The van der Waals surface area contributed by atoms with Crippen LogP contribution in [-0.4, -0.2) is 30.2 Å². The van der Waals surface area contributed by atoms with E-state index >= 15 is 0 Å². The molecule has 0 radical (unpaired) electrons. The Kier molecular flexibility index (Phi) is 8.15. The first kappa shape index (κ1) is 21.3. The van der Waals surface area contributed by atoms with Crippen molar-refractivity contribution in [2.45, 2.75) is 39.3 Å². The Labute approximate surface area is 177 Å². The molecule has 1 aromatic heterocycles. The number of hydrogen-bond donors (Lipinski definition) is 2. The molecule has 3 N–H and O–H groups in total. The first-order valence-electron chi connectivity index (χ1n) is 9.04. The molecular weight excluding hydrogens is 455 g/mol. The molecule has 27 heavy (non-hydrogen) atoms. The van der Waals surface area contributed by atoms with Crippen LogP contribution in [-0.2, 0) is 19.4 Å². The van der Waals surface area contributed by atoms with Crippen molar-refractivity contribution in [1.82, 2.24) is 10.3 Å². The fourth-order valence-electron chi connectivity index (χ4n) is 2.99. The van der Waals surface area contributed by atoms with Crippen molar-refractivity contribution in [1.29, 1.82) is 0 Å². The van der Waals surface area contributed by atoms with E-state index in [4.69, 9.17) is 15.2 Å². The molecule has 2 aromatic rings. The molecule has 0 amide bonds. The Hall–Kier alpha value is -2.03. The number of pyridine rings is 1. The predicted octanol–water partition coefficient (Wildman–Crippen LogP) is 3.07. The van der Waals surface area contributed by atoms with Crippen LogP contribution in [0.2, 0.25) is 0 Å². The summed E-state index contributed by atoms with van der Waals surface area (Å²) >= 11 is 0. The summed E-state index contributed by atoms with van der Waals surface area (Å²) in [5, 5.41) is 3.13. The first-order valence-corrected chi connectivity index (χ1v) is 9.04. The first-order chi connectivity index (χ1) is 12.7. The lowest BCUT2D eigenvalue weighted by Gasteiger charge is -2.12. The number of guanidine groups is 1. The van der Waals surface area contributed by atoms with Crippen LogP contribution >= 0.6 is 24.0 Å². The smallest absolute Gasteiger partial charge is 0.188 e. The van der Waals surface area contributed by atoms with E-state index in [9.17, 15) is 0 Å². The van der Waals surface area contributed by atoms with Crippen LogP contribution in [0.1, 0.15) is 30.7 Å². The zero-order valence-corrected chi connectivity index (χ0v) is 18.1. The van der Waals surface area contributed by atoms with E-state index in [1.807, 2.05) is 31.2 Å². The molecule has 2 heterocycles. The molecule has 1 aliphatic heterocycles. The molecule has 0 saturated heterocycles. The second kappa shape index (κ2) is 10.3. The fraction of sp³-hybridized carbons (Fsp3) is 0.400. The van der Waals surface area contributed by atoms with E-state index in [-0.39, 0.29) is 30.1 Å². The van der Waals surface area contributed by atoms with Gasteiger partial charge >= 0.3 is 0 Å². The summed E-state index contributed by atoms with van der Waals surface area (Å²) in [6, 6.07) is 9.97. The van der Waals surface area contributed by atoms with Crippen molar-refractivity contribution in [3.8, 4) is 11.5 Å². The monoisotopic (exact) mass is 482 g/mol. The van der Waals surface area contributed by atoms with Crippen LogP contribution in [0.5, 0.6) is 11.5 Å². The second-order valence-electron chi connectivity index (χ2n) is 6.33. The highest BCUT2D eigenvalue weighted by molar-refractivity contribution is 14.0. The van der Waals surface area contributed by atoms with E-state index in [0.717, 1.165) is 35.6 Å². The molecule has 146 valence electrons. The number of halogens is 1. The van der Waals surface area contributed by atoms with Gasteiger partial charge in [-0.25, -0.2) is 4.99 Å². The second-order valence-corrected chi connectivity index (χ2v) is 6.33. The van der Waals surface area contributed by atoms with Gasteiger partial charge in [0.2, 0.25) is 0 Å². The summed E-state index contributed by atoms with van der Waals surface area (Å²) in [6.07, 6.45) is 3.71. The Morgan fingerprint density at radius 3 is 3.00 bits per heavy atom. The Morgan fingerprint density at radius 1 is 1.41 bits per heavy atom. The largest absolute Gasteiger partial charge is 0.494 e. The number of rotatable bonds is 7. The lowest BCUT2D eigenvalue weighted by molar-refractivity contribution is 0.254. The molecule has 3 rings (SSSR count). The third-order valence-corrected chi connectivity index (χ3v) is 4.21. The van der Waals surface area contributed by atoms with Gasteiger partial charge in [-0.15, -0.1) is 24.0 Å². The van der Waals surface area contributed by atoms with Gasteiger partial charge in [-0.05, 0) is 38.1 Å². The summed E-state index contributed by atoms with van der Waals surface area (Å²) in [5.74, 6) is 2.19. The van der Waals surface area contributed by atoms with Gasteiger partial charge < -0.3 is 20.5 Å². The number of aromatic nitrogens is 1. The Morgan fingerprint density at radius 2 is 2.26 bits per heavy atom. The number of nitrogens with zero attached hydrogens (tertiary/aromatic N) is 2. The molecule has 0 saturated carbocycles. The SMILES string of the molecule is CCOc1cc2c(cc1CN=C(N)NCCc1ccccn1)OC(C)C2.I. The van der Waals surface area contributed by atoms with Crippen molar-refractivity contribution in [3.63, 3.8) is 0 Å². The lowest BCUT2D eigenvalue weighted by Crippen LogP contribution is -2.33. The molecular formula is C20H27IN4O2. The van der Waals surface area contributed by atoms with Gasteiger partial charge in [-0.3, -0.25) is 4.98 Å². The van der Waals surface area contributed by atoms with Crippen molar-refractivity contribution in [2.24, 2.45) is 10.7 Å². The normalized spacial score (nSPS) is 15.5. The zero-order valence-electron chi connectivity index (χ0n) is 15.8. The number of fused-ring (bicyclic) bond motifs is 1. The summed E-state index contributed by atoms with van der Waals surface area (Å²) in [5.41, 5.74) is 9.19. The van der Waals surface area contributed by atoms with Crippen LogP contribution in [0.25, 0.3) is 0 Å². The molecule has 0 spiro atoms. The number of aliphatic imine (C=N–C) groups is 1. The standard InChI is InChI=1S/C20H26N4O2.HI/c1-3-25-18-11-15-10-14(2)26-19(15)12-16(18)13-24-20(21)23-9-7-17-6-4-5-8-22-17;/h4-6,8,11-12,14H,3,7,9-10,13H2,1-2H3,(H3,21,23,24);1H. The topological polar surface area (TPSA) is 81.8 Å². The molecule has 1 atom stereocenters. The van der Waals surface area contributed by atoms with E-state index in [1.165, 1.54) is 5.56 Å². The number of benzene rings is 1. The Bertz CT molecular complexity index is 768. The van der Waals surface area contributed by atoms with Crippen LogP contribution in [0.15, 0.2) is 41.5 Å². The van der Waals surface area contributed by atoms with Gasteiger partial charge in [0.05, 0.1) is 13.2 Å². The molecule has 0 bridgehead atoms. The molecule has 7 heteroatoms. The van der Waals surface area contributed by atoms with Gasteiger partial charge in [0.1, 0.15) is 17.6 Å². The highest BCUT2D eigenvalue weighted by Crippen LogP contribution is 2.35. The van der Waals surface area contributed by atoms with E-state index < -0.39 is 0 Å². The Balaban J connectivity index is 0.00000261. The van der Waals surface area contributed by atoms with E-state index in [1.54, 1.807) is 6.20 Å². The number of hydrogen-bond acceptors (Lipinski definition) is 4. The molecule has 1 aliphatic rings. The number of nitrogens with two attached hydrogens (primary N) is 1. The average molecular weight is 482 g/mol. The van der Waals surface area contributed by atoms with E-state index in [0.29, 0.717) is 25.7 Å². The molecule has 1 aromatic carbocycles. The van der Waals surface area contributed by atoms with Crippen molar-refractivity contribution in [3.05, 3.63) is 53.3 Å². The van der Waals surface area contributed by atoms with Gasteiger partial charge in [0.25, 0.3) is 0 Å². The molecule has 1 unspecified atom stereocenters. The number of nitrogens with one attached hydrogen (secondary N) is 1. The highest BCUT2D eigenvalue weighted by Gasteiger charge is 2.21. The highest BCUT2D eigenvalue weighted by atomic mass is 127. The van der Waals surface area contributed by atoms with Crippen LogP contribution in [0.3, 0.4) is 0 Å². The third kappa shape index (κ3) is 5.98. The predicted molar refractivity (Wildman–Crippen MR) is 118 cm³/mol. The van der Waals surface area contributed by atoms with Gasteiger partial charge in [-0.2, -0.15) is 0 Å². The summed E-state index contributed by atoms with van der Waals surface area (Å²) < 4.78 is 11.6. The molecule has 0 aliphatic carbocycles. The summed E-state index contributed by atoms with van der Waals surface area (Å²) in [6.45, 7) is 5.80. The van der Waals surface area contributed by atoms with Crippen LogP contribution < -0.4 is 20.5 Å². The minimum atomic E-state index is 0. The van der Waals surface area contributed by atoms with Crippen molar-refractivity contribution >= 4 is 29.9 Å². The third-order valence-electron chi connectivity index (χ3n) is 4.21. The van der Waals surface area contributed by atoms with Crippen molar-refractivity contribution in [2.75, 3.05) is 13.2 Å². The minimum Gasteiger partial charge on any atom is -0.494 e. The molecule has 6 nitrogen and oxygen atoms in total. The van der Waals surface area contributed by atoms with E-state index in [2.05, 4.69) is 28.3 Å². The summed E-state index contributed by atoms with van der Waals surface area (Å²) in [7, 11) is 0. The maximum atomic E-state index is 5.99. The minimum absolute atomic E-state index is 0. The van der Waals surface area contributed by atoms with Gasteiger partial charge in [0, 0.05) is 42.4 Å². The van der Waals surface area contributed by atoms with Crippen LogP contribution in [0.4, 0.5) is 0 Å². The zero-order chi connectivity index (χ0) is 18.4. The molecule has 0 fully saturated rings. The maximum Gasteiger partial charge on any atom is 0.188 e. The van der Waals surface area contributed by atoms with Crippen molar-refractivity contribution < 1.29 is 9.47 Å². The average Bonchev–Trinajstić information content (AvgIpc) is 3.00. The quantitative estimate of drug-likeness (QED) is 0.360. The fourth-order valence-corrected chi connectivity index (χ4v) is 2.99. The van der Waals surface area contributed by atoms with Crippen LogP contribution in [0, 0.1) is 0 Å². The number of ether oxygens (including phenoxy) is 2.